The maximum absolute atomic E-state index is 11.8. The van der Waals surface area contributed by atoms with Crippen molar-refractivity contribution in [2.75, 3.05) is 6.54 Å². The van der Waals surface area contributed by atoms with E-state index in [9.17, 15) is 4.79 Å². The first-order valence-electron chi connectivity index (χ1n) is 9.31. The minimum absolute atomic E-state index is 0.108. The first-order chi connectivity index (χ1) is 12.9. The third-order valence-corrected chi connectivity index (χ3v) is 4.91. The highest BCUT2D eigenvalue weighted by Gasteiger charge is 2.13. The van der Waals surface area contributed by atoms with Crippen LogP contribution in [0.3, 0.4) is 0 Å². The molecule has 1 amide bonds. The van der Waals surface area contributed by atoms with E-state index in [-0.39, 0.29) is 5.91 Å². The van der Waals surface area contributed by atoms with Gasteiger partial charge in [-0.2, -0.15) is 0 Å². The van der Waals surface area contributed by atoms with Crippen molar-refractivity contribution in [1.29, 1.82) is 0 Å². The van der Waals surface area contributed by atoms with Crippen LogP contribution in [0.25, 0.3) is 11.0 Å². The van der Waals surface area contributed by atoms with E-state index in [1.807, 2.05) is 18.2 Å². The predicted octanol–water partition coefficient (Wildman–Crippen LogP) is 4.24. The van der Waals surface area contributed by atoms with E-state index in [2.05, 4.69) is 55.4 Å². The number of nitrogens with zero attached hydrogens (tertiary/aromatic N) is 2. The Bertz CT molecular complexity index is 991. The number of amides is 1. The molecule has 3 aromatic rings. The molecule has 27 heavy (non-hydrogen) atoms. The fraction of sp³-hybridized carbons (Fsp3) is 0.304. The van der Waals surface area contributed by atoms with Crippen LogP contribution in [0.15, 0.2) is 48.6 Å². The summed E-state index contributed by atoms with van der Waals surface area (Å²) in [5, 5.41) is 2.90. The summed E-state index contributed by atoms with van der Waals surface area (Å²) in [4.78, 5) is 16.6. The Labute approximate surface area is 160 Å². The SMILES string of the molecule is C=C(C)C(=O)NCCc1nc2ccccc2n1Cc1c(C)cc(C)cc1C. The molecule has 3 rings (SSSR count). The summed E-state index contributed by atoms with van der Waals surface area (Å²) >= 11 is 0. The summed E-state index contributed by atoms with van der Waals surface area (Å²) in [6, 6.07) is 12.7. The van der Waals surface area contributed by atoms with Crippen molar-refractivity contribution in [1.82, 2.24) is 14.9 Å². The van der Waals surface area contributed by atoms with E-state index < -0.39 is 0 Å². The first-order valence-corrected chi connectivity index (χ1v) is 9.31. The quantitative estimate of drug-likeness (QED) is 0.668. The summed E-state index contributed by atoms with van der Waals surface area (Å²) in [5.41, 5.74) is 7.84. The number of carbonyl (C=O) groups is 1. The Hall–Kier alpha value is -2.88. The van der Waals surface area contributed by atoms with Crippen molar-refractivity contribution in [2.45, 2.75) is 40.7 Å². The van der Waals surface area contributed by atoms with Gasteiger partial charge in [0, 0.05) is 25.1 Å². The van der Waals surface area contributed by atoms with Crippen LogP contribution < -0.4 is 5.32 Å². The van der Waals surface area contributed by atoms with Gasteiger partial charge in [-0.05, 0) is 56.5 Å². The van der Waals surface area contributed by atoms with Gasteiger partial charge < -0.3 is 9.88 Å². The van der Waals surface area contributed by atoms with Crippen LogP contribution in [0.4, 0.5) is 0 Å². The number of hydrogen-bond donors (Lipinski definition) is 1. The van der Waals surface area contributed by atoms with Crippen LogP contribution >= 0.6 is 0 Å². The van der Waals surface area contributed by atoms with Gasteiger partial charge in [0.2, 0.25) is 5.91 Å². The zero-order valence-electron chi connectivity index (χ0n) is 16.6. The molecular weight excluding hydrogens is 334 g/mol. The zero-order valence-corrected chi connectivity index (χ0v) is 16.6. The minimum atomic E-state index is -0.108. The van der Waals surface area contributed by atoms with Gasteiger partial charge in [0.15, 0.2) is 0 Å². The first kappa shape index (κ1) is 18.9. The van der Waals surface area contributed by atoms with Gasteiger partial charge in [-0.15, -0.1) is 0 Å². The molecule has 140 valence electrons. The smallest absolute Gasteiger partial charge is 0.246 e. The Morgan fingerprint density at radius 2 is 1.81 bits per heavy atom. The number of fused-ring (bicyclic) bond motifs is 1. The fourth-order valence-corrected chi connectivity index (χ4v) is 3.55. The van der Waals surface area contributed by atoms with Crippen LogP contribution in [0.2, 0.25) is 0 Å². The number of nitrogens with one attached hydrogen (secondary N) is 1. The highest BCUT2D eigenvalue weighted by molar-refractivity contribution is 5.92. The van der Waals surface area contributed by atoms with Crippen LogP contribution in [0.1, 0.15) is 35.0 Å². The third kappa shape index (κ3) is 4.11. The van der Waals surface area contributed by atoms with E-state index in [0.29, 0.717) is 18.5 Å². The van der Waals surface area contributed by atoms with Gasteiger partial charge in [0.1, 0.15) is 5.82 Å². The molecule has 1 N–H and O–H groups in total. The van der Waals surface area contributed by atoms with Crippen LogP contribution in [0, 0.1) is 20.8 Å². The van der Waals surface area contributed by atoms with Gasteiger partial charge in [-0.3, -0.25) is 4.79 Å². The Kier molecular flexibility index (Phi) is 5.45. The third-order valence-electron chi connectivity index (χ3n) is 4.91. The van der Waals surface area contributed by atoms with E-state index in [1.54, 1.807) is 6.92 Å². The zero-order chi connectivity index (χ0) is 19.6. The van der Waals surface area contributed by atoms with Crippen LogP contribution in [-0.2, 0) is 17.8 Å². The molecule has 0 aliphatic heterocycles. The van der Waals surface area contributed by atoms with E-state index >= 15 is 0 Å². The number of aromatic nitrogens is 2. The molecule has 0 spiro atoms. The average molecular weight is 361 g/mol. The number of imidazole rings is 1. The van der Waals surface area contributed by atoms with Gasteiger partial charge in [0.25, 0.3) is 0 Å². The lowest BCUT2D eigenvalue weighted by Gasteiger charge is -2.15. The number of para-hydroxylation sites is 2. The normalized spacial score (nSPS) is 11.0. The Morgan fingerprint density at radius 3 is 2.48 bits per heavy atom. The summed E-state index contributed by atoms with van der Waals surface area (Å²) < 4.78 is 2.27. The minimum Gasteiger partial charge on any atom is -0.352 e. The lowest BCUT2D eigenvalue weighted by atomic mass is 9.99. The summed E-state index contributed by atoms with van der Waals surface area (Å²) in [5.74, 6) is 0.875. The molecular formula is C23H27N3O. The summed E-state index contributed by atoms with van der Waals surface area (Å²) in [6.07, 6.45) is 0.678. The largest absolute Gasteiger partial charge is 0.352 e. The van der Waals surface area contributed by atoms with Crippen molar-refractivity contribution >= 4 is 16.9 Å². The topological polar surface area (TPSA) is 46.9 Å². The van der Waals surface area contributed by atoms with Crippen molar-refractivity contribution in [3.63, 3.8) is 0 Å². The summed E-state index contributed by atoms with van der Waals surface area (Å²) in [7, 11) is 0. The number of benzene rings is 2. The van der Waals surface area contributed by atoms with Crippen LogP contribution in [-0.4, -0.2) is 22.0 Å². The molecule has 0 aliphatic rings. The molecule has 1 aromatic heterocycles. The number of rotatable bonds is 6. The maximum Gasteiger partial charge on any atom is 0.246 e. The molecule has 0 radical (unpaired) electrons. The molecule has 2 aromatic carbocycles. The predicted molar refractivity (Wildman–Crippen MR) is 111 cm³/mol. The van der Waals surface area contributed by atoms with Crippen molar-refractivity contribution < 1.29 is 4.79 Å². The molecule has 4 nitrogen and oxygen atoms in total. The second-order valence-corrected chi connectivity index (χ2v) is 7.27. The molecule has 0 saturated heterocycles. The molecule has 0 saturated carbocycles. The second kappa shape index (κ2) is 7.78. The molecule has 0 fully saturated rings. The molecule has 0 atom stereocenters. The molecule has 4 heteroatoms. The number of carbonyl (C=O) groups excluding carboxylic acids is 1. The molecule has 1 heterocycles. The van der Waals surface area contributed by atoms with Crippen molar-refractivity contribution in [3.05, 3.63) is 76.6 Å². The monoisotopic (exact) mass is 361 g/mol. The Morgan fingerprint density at radius 1 is 1.15 bits per heavy atom. The van der Waals surface area contributed by atoms with Gasteiger partial charge >= 0.3 is 0 Å². The Balaban J connectivity index is 1.94. The number of hydrogen-bond acceptors (Lipinski definition) is 2. The van der Waals surface area contributed by atoms with Gasteiger partial charge in [0.05, 0.1) is 11.0 Å². The lowest BCUT2D eigenvalue weighted by Crippen LogP contribution is -2.26. The van der Waals surface area contributed by atoms with Crippen LogP contribution in [0.5, 0.6) is 0 Å². The fourth-order valence-electron chi connectivity index (χ4n) is 3.55. The van der Waals surface area contributed by atoms with E-state index in [1.165, 1.54) is 22.3 Å². The molecule has 0 aliphatic carbocycles. The van der Waals surface area contributed by atoms with Gasteiger partial charge in [-0.1, -0.05) is 36.4 Å². The number of aryl methyl sites for hydroxylation is 3. The summed E-state index contributed by atoms with van der Waals surface area (Å²) in [6.45, 7) is 13.2. The van der Waals surface area contributed by atoms with E-state index in [4.69, 9.17) is 4.98 Å². The highest BCUT2D eigenvalue weighted by Crippen LogP contribution is 2.22. The van der Waals surface area contributed by atoms with Crippen molar-refractivity contribution in [3.8, 4) is 0 Å². The average Bonchev–Trinajstić information content (AvgIpc) is 2.95. The molecule has 0 unspecified atom stereocenters. The van der Waals surface area contributed by atoms with Crippen molar-refractivity contribution in [2.24, 2.45) is 0 Å². The maximum atomic E-state index is 11.8. The second-order valence-electron chi connectivity index (χ2n) is 7.27. The highest BCUT2D eigenvalue weighted by atomic mass is 16.1. The molecule has 0 bridgehead atoms. The standard InChI is InChI=1S/C23H27N3O/c1-15(2)23(27)24-11-10-22-25-20-8-6-7-9-21(20)26(22)14-19-17(4)12-16(3)13-18(19)5/h6-9,12-13H,1,10-11,14H2,2-5H3,(H,24,27). The lowest BCUT2D eigenvalue weighted by molar-refractivity contribution is -0.117. The van der Waals surface area contributed by atoms with E-state index in [0.717, 1.165) is 23.4 Å². The van der Waals surface area contributed by atoms with Gasteiger partial charge in [-0.25, -0.2) is 4.98 Å².